The lowest BCUT2D eigenvalue weighted by Gasteiger charge is -2.22. The highest BCUT2D eigenvalue weighted by atomic mass is 16.3. The van der Waals surface area contributed by atoms with Crippen molar-refractivity contribution in [3.05, 3.63) is 48.0 Å². The van der Waals surface area contributed by atoms with Crippen LogP contribution in [0.1, 0.15) is 52.0 Å². The highest BCUT2D eigenvalue weighted by Gasteiger charge is 2.16. The maximum atomic E-state index is 10.4. The highest BCUT2D eigenvalue weighted by molar-refractivity contribution is 5.16. The second kappa shape index (κ2) is 11.4. The summed E-state index contributed by atoms with van der Waals surface area (Å²) in [5.41, 5.74) is 1.27. The van der Waals surface area contributed by atoms with E-state index >= 15 is 0 Å². The summed E-state index contributed by atoms with van der Waals surface area (Å²) in [6, 6.07) is 10.5. The third-order valence-corrected chi connectivity index (χ3v) is 4.70. The van der Waals surface area contributed by atoms with Crippen LogP contribution in [0, 0.1) is 11.8 Å². The Balaban J connectivity index is 2.34. The molecule has 0 saturated heterocycles. The number of hydrogen-bond acceptors (Lipinski definition) is 2. The maximum absolute atomic E-state index is 10.4. The lowest BCUT2D eigenvalue weighted by Crippen LogP contribution is -2.39. The largest absolute Gasteiger partial charge is 0.391 e. The van der Waals surface area contributed by atoms with Crippen LogP contribution in [-0.2, 0) is 6.42 Å². The minimum absolute atomic E-state index is 0.114. The lowest BCUT2D eigenvalue weighted by molar-refractivity contribution is 0.122. The standard InChI is InChI=1S/C21H35NO/c1-5-17(2)15-18(3)11-9-10-14-21(23)20(22-4)16-19-12-7-6-8-13-19/h6-9,11-13,17-18,20-23H,5,10,14-16H2,1-4H3/b11-9+/t17-,18+,20+,21+/m0/s1. The zero-order chi connectivity index (χ0) is 17.1. The van der Waals surface area contributed by atoms with Gasteiger partial charge in [0.25, 0.3) is 0 Å². The Morgan fingerprint density at radius 1 is 1.17 bits per heavy atom. The van der Waals surface area contributed by atoms with Crippen molar-refractivity contribution in [2.75, 3.05) is 7.05 Å². The molecule has 0 unspecified atom stereocenters. The van der Waals surface area contributed by atoms with Crippen LogP contribution >= 0.6 is 0 Å². The van der Waals surface area contributed by atoms with Gasteiger partial charge in [-0.1, -0.05) is 69.7 Å². The van der Waals surface area contributed by atoms with Crippen LogP contribution < -0.4 is 5.32 Å². The minimum Gasteiger partial charge on any atom is -0.391 e. The SMILES string of the molecule is CC[C@H](C)C[C@H](C)/C=C/CC[C@@H](O)[C@@H](Cc1ccccc1)NC. The molecular weight excluding hydrogens is 282 g/mol. The monoisotopic (exact) mass is 317 g/mol. The number of hydrogen-bond donors (Lipinski definition) is 2. The van der Waals surface area contributed by atoms with Gasteiger partial charge in [0.2, 0.25) is 0 Å². The van der Waals surface area contributed by atoms with E-state index in [0.29, 0.717) is 5.92 Å². The average Bonchev–Trinajstić information content (AvgIpc) is 2.57. The van der Waals surface area contributed by atoms with Crippen LogP contribution in [0.4, 0.5) is 0 Å². The first-order valence-corrected chi connectivity index (χ1v) is 9.12. The zero-order valence-corrected chi connectivity index (χ0v) is 15.3. The Kier molecular flexibility index (Phi) is 9.89. The van der Waals surface area contributed by atoms with E-state index in [1.807, 2.05) is 13.1 Å². The fraction of sp³-hybridized carbons (Fsp3) is 0.619. The molecule has 0 aliphatic heterocycles. The Morgan fingerprint density at radius 2 is 1.87 bits per heavy atom. The van der Waals surface area contributed by atoms with Gasteiger partial charge in [-0.2, -0.15) is 0 Å². The summed E-state index contributed by atoms with van der Waals surface area (Å²) in [6.07, 6.45) is 9.37. The van der Waals surface area contributed by atoms with E-state index in [-0.39, 0.29) is 12.1 Å². The van der Waals surface area contributed by atoms with Crippen molar-refractivity contribution in [1.29, 1.82) is 0 Å². The first kappa shape index (κ1) is 19.9. The van der Waals surface area contributed by atoms with E-state index < -0.39 is 0 Å². The number of likely N-dealkylation sites (N-methyl/N-ethyl adjacent to an activating group) is 1. The molecule has 1 aromatic carbocycles. The van der Waals surface area contributed by atoms with Crippen molar-refractivity contribution in [1.82, 2.24) is 5.32 Å². The number of aliphatic hydroxyl groups is 1. The summed E-state index contributed by atoms with van der Waals surface area (Å²) in [7, 11) is 1.93. The Labute approximate surface area is 143 Å². The molecule has 0 aliphatic carbocycles. The molecule has 0 radical (unpaired) electrons. The number of nitrogens with one attached hydrogen (secondary N) is 1. The number of benzene rings is 1. The van der Waals surface area contributed by atoms with Crippen LogP contribution in [0.25, 0.3) is 0 Å². The molecule has 0 bridgehead atoms. The molecular formula is C21H35NO. The van der Waals surface area contributed by atoms with Gasteiger partial charge in [0.15, 0.2) is 0 Å². The molecule has 0 aromatic heterocycles. The van der Waals surface area contributed by atoms with Crippen LogP contribution in [0.15, 0.2) is 42.5 Å². The normalized spacial score (nSPS) is 17.1. The topological polar surface area (TPSA) is 32.3 Å². The quantitative estimate of drug-likeness (QED) is 0.585. The third kappa shape index (κ3) is 8.34. The molecule has 2 N–H and O–H groups in total. The first-order valence-electron chi connectivity index (χ1n) is 9.12. The second-order valence-electron chi connectivity index (χ2n) is 6.88. The summed E-state index contributed by atoms with van der Waals surface area (Å²) in [6.45, 7) is 6.85. The fourth-order valence-electron chi connectivity index (χ4n) is 2.98. The van der Waals surface area contributed by atoms with Crippen molar-refractivity contribution in [3.8, 4) is 0 Å². The van der Waals surface area contributed by atoms with Gasteiger partial charge in [-0.25, -0.2) is 0 Å². The Hall–Kier alpha value is -1.12. The Morgan fingerprint density at radius 3 is 2.48 bits per heavy atom. The van der Waals surface area contributed by atoms with E-state index in [1.165, 1.54) is 18.4 Å². The van der Waals surface area contributed by atoms with Gasteiger partial charge in [-0.15, -0.1) is 0 Å². The van der Waals surface area contributed by atoms with Gasteiger partial charge in [-0.05, 0) is 50.1 Å². The second-order valence-corrected chi connectivity index (χ2v) is 6.88. The first-order chi connectivity index (χ1) is 11.1. The van der Waals surface area contributed by atoms with E-state index in [9.17, 15) is 5.11 Å². The summed E-state index contributed by atoms with van der Waals surface area (Å²) in [5.74, 6) is 1.42. The molecule has 4 atom stereocenters. The van der Waals surface area contributed by atoms with Gasteiger partial charge in [-0.3, -0.25) is 0 Å². The van der Waals surface area contributed by atoms with Gasteiger partial charge >= 0.3 is 0 Å². The summed E-state index contributed by atoms with van der Waals surface area (Å²) < 4.78 is 0. The zero-order valence-electron chi connectivity index (χ0n) is 15.3. The van der Waals surface area contributed by atoms with Crippen LogP contribution in [0.5, 0.6) is 0 Å². The lowest BCUT2D eigenvalue weighted by atomic mass is 9.94. The van der Waals surface area contributed by atoms with Crippen LogP contribution in [0.3, 0.4) is 0 Å². The van der Waals surface area contributed by atoms with Crippen molar-refractivity contribution in [2.24, 2.45) is 11.8 Å². The van der Waals surface area contributed by atoms with E-state index in [0.717, 1.165) is 25.2 Å². The summed E-state index contributed by atoms with van der Waals surface area (Å²) in [5, 5.41) is 13.7. The van der Waals surface area contributed by atoms with Gasteiger partial charge in [0.1, 0.15) is 0 Å². The summed E-state index contributed by atoms with van der Waals surface area (Å²) in [4.78, 5) is 0. The molecule has 0 aliphatic rings. The van der Waals surface area contributed by atoms with Crippen LogP contribution in [-0.4, -0.2) is 24.3 Å². The van der Waals surface area contributed by atoms with Gasteiger partial charge in [0.05, 0.1) is 6.10 Å². The van der Waals surface area contributed by atoms with Crippen molar-refractivity contribution < 1.29 is 5.11 Å². The molecule has 2 heteroatoms. The van der Waals surface area contributed by atoms with Crippen molar-refractivity contribution >= 4 is 0 Å². The molecule has 0 spiro atoms. The van der Waals surface area contributed by atoms with Gasteiger partial charge < -0.3 is 10.4 Å². The Bertz CT molecular complexity index is 429. The smallest absolute Gasteiger partial charge is 0.0699 e. The van der Waals surface area contributed by atoms with Crippen LogP contribution in [0.2, 0.25) is 0 Å². The molecule has 130 valence electrons. The fourth-order valence-corrected chi connectivity index (χ4v) is 2.98. The van der Waals surface area contributed by atoms with Crippen molar-refractivity contribution in [2.45, 2.75) is 65.0 Å². The molecule has 2 nitrogen and oxygen atoms in total. The molecule has 0 saturated carbocycles. The predicted molar refractivity (Wildman–Crippen MR) is 101 cm³/mol. The third-order valence-electron chi connectivity index (χ3n) is 4.70. The number of aliphatic hydroxyl groups excluding tert-OH is 1. The maximum Gasteiger partial charge on any atom is 0.0699 e. The van der Waals surface area contributed by atoms with E-state index in [1.54, 1.807) is 0 Å². The molecule has 1 rings (SSSR count). The van der Waals surface area contributed by atoms with Crippen molar-refractivity contribution in [3.63, 3.8) is 0 Å². The molecule has 23 heavy (non-hydrogen) atoms. The van der Waals surface area contributed by atoms with E-state index in [4.69, 9.17) is 0 Å². The summed E-state index contributed by atoms with van der Waals surface area (Å²) >= 11 is 0. The van der Waals surface area contributed by atoms with E-state index in [2.05, 4.69) is 62.5 Å². The highest BCUT2D eigenvalue weighted by Crippen LogP contribution is 2.16. The minimum atomic E-state index is -0.310. The average molecular weight is 318 g/mol. The number of rotatable bonds is 11. The molecule has 0 heterocycles. The molecule has 0 fully saturated rings. The predicted octanol–water partition coefficient (Wildman–Crippen LogP) is 4.59. The molecule has 0 amide bonds. The number of allylic oxidation sites excluding steroid dienone is 2. The van der Waals surface area contributed by atoms with Gasteiger partial charge in [0, 0.05) is 6.04 Å². The molecule has 1 aromatic rings.